The summed E-state index contributed by atoms with van der Waals surface area (Å²) in [7, 11) is 0. The zero-order chi connectivity index (χ0) is 21.4. The fraction of sp³-hybridized carbons (Fsp3) is 0.174. The Morgan fingerprint density at radius 3 is 2.57 bits per heavy atom. The molecule has 0 spiro atoms. The molecule has 0 unspecified atom stereocenters. The van der Waals surface area contributed by atoms with Crippen LogP contribution < -0.4 is 10.5 Å². The van der Waals surface area contributed by atoms with Crippen LogP contribution in [0, 0.1) is 17.2 Å². The number of halogens is 1. The van der Waals surface area contributed by atoms with Crippen molar-refractivity contribution in [1.29, 1.82) is 5.26 Å². The minimum absolute atomic E-state index is 0.115. The quantitative estimate of drug-likeness (QED) is 0.604. The maximum Gasteiger partial charge on any atom is 0.336 e. The van der Waals surface area contributed by atoms with Crippen molar-refractivity contribution in [1.82, 2.24) is 0 Å². The van der Waals surface area contributed by atoms with Gasteiger partial charge in [-0.15, -0.1) is 0 Å². The summed E-state index contributed by atoms with van der Waals surface area (Å²) in [5, 5.41) is 21.2. The summed E-state index contributed by atoms with van der Waals surface area (Å²) in [6, 6.07) is 13.1. The number of nitrogens with two attached hydrogens (primary N) is 1. The molecule has 0 saturated heterocycles. The van der Waals surface area contributed by atoms with Crippen molar-refractivity contribution < 1.29 is 19.4 Å². The monoisotopic (exact) mass is 420 g/mol. The Bertz CT molecular complexity index is 1240. The molecule has 3 aromatic carbocycles. The number of hydrogen-bond acceptors (Lipinski definition) is 4. The van der Waals surface area contributed by atoms with Gasteiger partial charge in [-0.25, -0.2) is 4.79 Å². The molecule has 1 aliphatic carbocycles. The highest BCUT2D eigenvalue weighted by Crippen LogP contribution is 2.39. The summed E-state index contributed by atoms with van der Waals surface area (Å²) >= 11 is 6.10. The van der Waals surface area contributed by atoms with Crippen molar-refractivity contribution in [2.45, 2.75) is 12.8 Å². The fourth-order valence-corrected chi connectivity index (χ4v) is 3.64. The SMILES string of the molecule is N#Cc1cc(C(=O)O)c(-c2c(C(N)=O)ccc3cc(Cl)ccc23)cc1OCC1CC1. The Hall–Kier alpha value is -3.56. The van der Waals surface area contributed by atoms with Gasteiger partial charge >= 0.3 is 5.97 Å². The average Bonchev–Trinajstić information content (AvgIpc) is 3.54. The predicted molar refractivity (Wildman–Crippen MR) is 113 cm³/mol. The standard InChI is InChI=1S/C23H17ClN2O4/c24-15-4-6-16-13(7-15)3-5-17(22(26)27)21(16)18-9-20(30-11-12-1-2-12)14(10-25)8-19(18)23(28)29/h3-9,12H,1-2,11H2,(H2,26,27)(H,28,29). The van der Waals surface area contributed by atoms with E-state index in [0.29, 0.717) is 28.5 Å². The molecular weight excluding hydrogens is 404 g/mol. The van der Waals surface area contributed by atoms with Crippen molar-refractivity contribution >= 4 is 34.2 Å². The van der Waals surface area contributed by atoms with Gasteiger partial charge in [-0.1, -0.05) is 23.7 Å². The van der Waals surface area contributed by atoms with E-state index in [0.717, 1.165) is 18.2 Å². The second-order valence-electron chi connectivity index (χ2n) is 7.28. The van der Waals surface area contributed by atoms with E-state index in [-0.39, 0.29) is 28.0 Å². The van der Waals surface area contributed by atoms with E-state index >= 15 is 0 Å². The molecule has 6 nitrogen and oxygen atoms in total. The number of fused-ring (bicyclic) bond motifs is 1. The summed E-state index contributed by atoms with van der Waals surface area (Å²) in [4.78, 5) is 24.2. The van der Waals surface area contributed by atoms with Gasteiger partial charge < -0.3 is 15.6 Å². The molecule has 4 rings (SSSR count). The van der Waals surface area contributed by atoms with Gasteiger partial charge in [0.15, 0.2) is 0 Å². The number of nitrogens with zero attached hydrogens (tertiary/aromatic N) is 1. The Balaban J connectivity index is 2.02. The lowest BCUT2D eigenvalue weighted by Gasteiger charge is -2.17. The summed E-state index contributed by atoms with van der Waals surface area (Å²) in [6.07, 6.45) is 2.13. The summed E-state index contributed by atoms with van der Waals surface area (Å²) in [5.74, 6) is -1.19. The number of ether oxygens (including phenoxy) is 1. The highest BCUT2D eigenvalue weighted by Gasteiger charge is 2.25. The zero-order valence-electron chi connectivity index (χ0n) is 15.8. The number of hydrogen-bond donors (Lipinski definition) is 2. The number of nitriles is 1. The molecule has 30 heavy (non-hydrogen) atoms. The maximum atomic E-state index is 12.2. The fourth-order valence-electron chi connectivity index (χ4n) is 3.46. The summed E-state index contributed by atoms with van der Waals surface area (Å²) < 4.78 is 5.83. The second kappa shape index (κ2) is 7.69. The third kappa shape index (κ3) is 3.68. The van der Waals surface area contributed by atoms with Crippen LogP contribution in [0.1, 0.15) is 39.1 Å². The van der Waals surface area contributed by atoms with Crippen LogP contribution in [-0.4, -0.2) is 23.6 Å². The molecule has 0 radical (unpaired) electrons. The number of carboxylic acids is 1. The topological polar surface area (TPSA) is 113 Å². The molecule has 7 heteroatoms. The lowest BCUT2D eigenvalue weighted by Crippen LogP contribution is -2.14. The van der Waals surface area contributed by atoms with Gasteiger partial charge in [0.05, 0.1) is 17.7 Å². The molecule has 1 amide bonds. The molecule has 0 heterocycles. The third-order valence-corrected chi connectivity index (χ3v) is 5.39. The van der Waals surface area contributed by atoms with Crippen molar-refractivity contribution in [2.75, 3.05) is 6.61 Å². The van der Waals surface area contributed by atoms with Gasteiger partial charge in [0.1, 0.15) is 11.8 Å². The molecule has 1 fully saturated rings. The molecule has 1 saturated carbocycles. The minimum atomic E-state index is -1.23. The Morgan fingerprint density at radius 2 is 1.93 bits per heavy atom. The Morgan fingerprint density at radius 1 is 1.17 bits per heavy atom. The van der Waals surface area contributed by atoms with E-state index < -0.39 is 11.9 Å². The molecule has 0 bridgehead atoms. The first-order valence-electron chi connectivity index (χ1n) is 9.35. The van der Waals surface area contributed by atoms with Crippen molar-refractivity contribution in [2.24, 2.45) is 11.7 Å². The van der Waals surface area contributed by atoms with E-state index in [4.69, 9.17) is 22.1 Å². The lowest BCUT2D eigenvalue weighted by molar-refractivity contribution is 0.0697. The number of carbonyl (C=O) groups excluding carboxylic acids is 1. The second-order valence-corrected chi connectivity index (χ2v) is 7.72. The van der Waals surface area contributed by atoms with Crippen LogP contribution in [0.3, 0.4) is 0 Å². The largest absolute Gasteiger partial charge is 0.492 e. The number of rotatable bonds is 6. The smallest absolute Gasteiger partial charge is 0.336 e. The highest BCUT2D eigenvalue weighted by atomic mass is 35.5. The van der Waals surface area contributed by atoms with Crippen LogP contribution in [-0.2, 0) is 0 Å². The van der Waals surface area contributed by atoms with Crippen molar-refractivity contribution in [3.8, 4) is 22.9 Å². The first kappa shape index (κ1) is 19.7. The molecule has 0 aliphatic heterocycles. The van der Waals surface area contributed by atoms with E-state index in [2.05, 4.69) is 0 Å². The van der Waals surface area contributed by atoms with E-state index in [1.54, 1.807) is 30.3 Å². The molecule has 1 aliphatic rings. The van der Waals surface area contributed by atoms with Crippen LogP contribution >= 0.6 is 11.6 Å². The predicted octanol–water partition coefficient (Wildman–Crippen LogP) is 4.62. The van der Waals surface area contributed by atoms with Gasteiger partial charge in [0.25, 0.3) is 0 Å². The van der Waals surface area contributed by atoms with Crippen LogP contribution in [0.5, 0.6) is 5.75 Å². The molecule has 0 aromatic heterocycles. The van der Waals surface area contributed by atoms with Gasteiger partial charge in [0, 0.05) is 21.7 Å². The average molecular weight is 421 g/mol. The summed E-state index contributed by atoms with van der Waals surface area (Å²) in [5.41, 5.74) is 6.41. The van der Waals surface area contributed by atoms with Crippen LogP contribution in [0.25, 0.3) is 21.9 Å². The molecule has 3 N–H and O–H groups in total. The van der Waals surface area contributed by atoms with Crippen LogP contribution in [0.15, 0.2) is 42.5 Å². The van der Waals surface area contributed by atoms with Gasteiger partial charge in [-0.3, -0.25) is 4.79 Å². The Kier molecular flexibility index (Phi) is 5.06. The van der Waals surface area contributed by atoms with E-state index in [1.165, 1.54) is 12.1 Å². The van der Waals surface area contributed by atoms with Crippen molar-refractivity contribution in [3.63, 3.8) is 0 Å². The van der Waals surface area contributed by atoms with Crippen LogP contribution in [0.2, 0.25) is 5.02 Å². The van der Waals surface area contributed by atoms with Crippen LogP contribution in [0.4, 0.5) is 0 Å². The maximum absolute atomic E-state index is 12.2. The normalized spacial score (nSPS) is 13.1. The number of benzene rings is 3. The first-order valence-corrected chi connectivity index (χ1v) is 9.73. The molecule has 150 valence electrons. The number of aromatic carboxylic acids is 1. The van der Waals surface area contributed by atoms with E-state index in [1.807, 2.05) is 6.07 Å². The zero-order valence-corrected chi connectivity index (χ0v) is 16.6. The van der Waals surface area contributed by atoms with Crippen molar-refractivity contribution in [3.05, 3.63) is 64.2 Å². The number of amides is 1. The first-order chi connectivity index (χ1) is 14.4. The summed E-state index contributed by atoms with van der Waals surface area (Å²) in [6.45, 7) is 0.453. The highest BCUT2D eigenvalue weighted by molar-refractivity contribution is 6.31. The van der Waals surface area contributed by atoms with E-state index in [9.17, 15) is 20.0 Å². The molecular formula is C23H17ClN2O4. The van der Waals surface area contributed by atoms with Gasteiger partial charge in [-0.05, 0) is 59.9 Å². The molecule has 0 atom stereocenters. The van der Waals surface area contributed by atoms with Gasteiger partial charge in [0.2, 0.25) is 5.91 Å². The number of carbonyl (C=O) groups is 2. The number of primary amides is 1. The Labute approximate surface area is 177 Å². The minimum Gasteiger partial charge on any atom is -0.492 e. The molecule has 3 aromatic rings. The third-order valence-electron chi connectivity index (χ3n) is 5.16. The lowest BCUT2D eigenvalue weighted by atomic mass is 9.89. The number of carboxylic acid groups (broad SMARTS) is 1. The van der Waals surface area contributed by atoms with Gasteiger partial charge in [-0.2, -0.15) is 5.26 Å².